The second-order valence-corrected chi connectivity index (χ2v) is 3.64. The summed E-state index contributed by atoms with van der Waals surface area (Å²) in [5.74, 6) is 0.789. The molecule has 0 aromatic carbocycles. The van der Waals surface area contributed by atoms with Crippen molar-refractivity contribution < 1.29 is 4.74 Å². The first-order valence-corrected chi connectivity index (χ1v) is 5.99. The number of ether oxygens (including phenoxy) is 1. The van der Waals surface area contributed by atoms with Crippen molar-refractivity contribution in [2.24, 2.45) is 0 Å². The van der Waals surface area contributed by atoms with Crippen LogP contribution in [0.3, 0.4) is 0 Å². The van der Waals surface area contributed by atoms with Crippen molar-refractivity contribution >= 4 is 15.9 Å². The number of nitriles is 1. The number of hydrogen-bond donors (Lipinski definition) is 0. The average Bonchev–Trinajstić information content (AvgIpc) is 2.30. The van der Waals surface area contributed by atoms with Gasteiger partial charge in [-0.15, -0.1) is 0 Å². The largest absolute Gasteiger partial charge is 0.492 e. The highest BCUT2D eigenvalue weighted by molar-refractivity contribution is 9.08. The molecular weight excluding hydrogens is 256 g/mol. The van der Waals surface area contributed by atoms with Gasteiger partial charge in [-0.3, -0.25) is 4.98 Å². The summed E-state index contributed by atoms with van der Waals surface area (Å²) in [4.78, 5) is 4.19. The summed E-state index contributed by atoms with van der Waals surface area (Å²) in [5.41, 5.74) is 0.992. The number of halogens is 1. The van der Waals surface area contributed by atoms with Crippen LogP contribution in [0.25, 0.3) is 0 Å². The highest BCUT2D eigenvalue weighted by Crippen LogP contribution is 2.11. The van der Waals surface area contributed by atoms with Crippen LogP contribution >= 0.6 is 15.9 Å². The molecule has 1 aromatic heterocycles. The lowest BCUT2D eigenvalue weighted by Gasteiger charge is -2.04. The quantitative estimate of drug-likeness (QED) is 0.589. The Morgan fingerprint density at radius 1 is 1.40 bits per heavy atom. The Hall–Kier alpha value is -1.08. The fourth-order valence-corrected chi connectivity index (χ4v) is 1.40. The van der Waals surface area contributed by atoms with Crippen molar-refractivity contribution in [3.8, 4) is 11.8 Å². The fourth-order valence-electron chi connectivity index (χ4n) is 1.07. The van der Waals surface area contributed by atoms with Crippen molar-refractivity contribution in [2.75, 3.05) is 6.61 Å². The summed E-state index contributed by atoms with van der Waals surface area (Å²) >= 11 is 3.33. The summed E-state index contributed by atoms with van der Waals surface area (Å²) in [6.45, 7) is 0.650. The first kappa shape index (κ1) is 12.0. The fraction of sp³-hybridized carbons (Fsp3) is 0.455. The molecular formula is C11H13BrN2O. The van der Waals surface area contributed by atoms with Crippen LogP contribution in [-0.4, -0.2) is 11.6 Å². The van der Waals surface area contributed by atoms with Gasteiger partial charge in [0.15, 0.2) is 0 Å². The van der Waals surface area contributed by atoms with E-state index >= 15 is 0 Å². The van der Waals surface area contributed by atoms with E-state index in [1.54, 1.807) is 6.20 Å². The van der Waals surface area contributed by atoms with E-state index in [0.29, 0.717) is 13.0 Å². The van der Waals surface area contributed by atoms with Crippen LogP contribution in [0.4, 0.5) is 0 Å². The van der Waals surface area contributed by atoms with Crippen LogP contribution < -0.4 is 4.74 Å². The van der Waals surface area contributed by atoms with E-state index < -0.39 is 0 Å². The van der Waals surface area contributed by atoms with Gasteiger partial charge in [0.1, 0.15) is 5.75 Å². The van der Waals surface area contributed by atoms with Crippen molar-refractivity contribution in [1.29, 1.82) is 5.26 Å². The molecule has 0 N–H and O–H groups in total. The zero-order chi connectivity index (χ0) is 10.9. The smallest absolute Gasteiger partial charge is 0.137 e. The maximum absolute atomic E-state index is 8.34. The second-order valence-electron chi connectivity index (χ2n) is 3.08. The van der Waals surface area contributed by atoms with E-state index in [1.165, 1.54) is 0 Å². The minimum atomic E-state index is 0.601. The number of rotatable bonds is 6. The number of pyridine rings is 1. The molecule has 0 unspecified atom stereocenters. The zero-order valence-corrected chi connectivity index (χ0v) is 10.0. The molecule has 0 aliphatic heterocycles. The summed E-state index contributed by atoms with van der Waals surface area (Å²) < 4.78 is 5.46. The molecule has 0 aliphatic rings. The SMILES string of the molecule is N#CCCCCOc1ccc(CBr)nc1. The van der Waals surface area contributed by atoms with Gasteiger partial charge in [-0.1, -0.05) is 15.9 Å². The van der Waals surface area contributed by atoms with Gasteiger partial charge in [0.25, 0.3) is 0 Å². The molecule has 80 valence electrons. The second kappa shape index (κ2) is 7.24. The number of alkyl halides is 1. The Labute approximate surface area is 98.2 Å². The predicted molar refractivity (Wildman–Crippen MR) is 61.8 cm³/mol. The van der Waals surface area contributed by atoms with Crippen LogP contribution in [-0.2, 0) is 5.33 Å². The molecule has 0 atom stereocenters. The molecule has 0 fully saturated rings. The van der Waals surface area contributed by atoms with E-state index in [1.807, 2.05) is 12.1 Å². The maximum atomic E-state index is 8.34. The topological polar surface area (TPSA) is 45.9 Å². The van der Waals surface area contributed by atoms with Gasteiger partial charge in [-0.05, 0) is 25.0 Å². The minimum absolute atomic E-state index is 0.601. The molecule has 1 rings (SSSR count). The Morgan fingerprint density at radius 2 is 2.27 bits per heavy atom. The lowest BCUT2D eigenvalue weighted by molar-refractivity contribution is 0.306. The third-order valence-corrected chi connectivity index (χ3v) is 2.46. The predicted octanol–water partition coefficient (Wildman–Crippen LogP) is 3.05. The molecule has 3 nitrogen and oxygen atoms in total. The first-order valence-electron chi connectivity index (χ1n) is 4.87. The summed E-state index contributed by atoms with van der Waals surface area (Å²) in [6.07, 6.45) is 4.13. The lowest BCUT2D eigenvalue weighted by Crippen LogP contribution is -1.97. The normalized spacial score (nSPS) is 9.60. The monoisotopic (exact) mass is 268 g/mol. The number of unbranched alkanes of at least 4 members (excludes halogenated alkanes) is 2. The molecule has 0 bridgehead atoms. The van der Waals surface area contributed by atoms with Gasteiger partial charge >= 0.3 is 0 Å². The standard InChI is InChI=1S/C11H13BrN2O/c12-8-10-4-5-11(9-14-10)15-7-3-1-2-6-13/h4-5,9H,1-3,7-8H2. The van der Waals surface area contributed by atoms with Gasteiger partial charge < -0.3 is 4.74 Å². The summed E-state index contributed by atoms with van der Waals surface area (Å²) in [7, 11) is 0. The van der Waals surface area contributed by atoms with E-state index in [0.717, 1.165) is 29.6 Å². The molecule has 0 spiro atoms. The Morgan fingerprint density at radius 3 is 2.87 bits per heavy atom. The van der Waals surface area contributed by atoms with Gasteiger partial charge in [0, 0.05) is 11.8 Å². The van der Waals surface area contributed by atoms with Gasteiger partial charge in [-0.25, -0.2) is 0 Å². The van der Waals surface area contributed by atoms with Crippen LogP contribution in [0.5, 0.6) is 5.75 Å². The molecule has 0 amide bonds. The lowest BCUT2D eigenvalue weighted by atomic mass is 10.2. The molecule has 0 aliphatic carbocycles. The highest BCUT2D eigenvalue weighted by Gasteiger charge is 1.95. The van der Waals surface area contributed by atoms with E-state index in [4.69, 9.17) is 10.00 Å². The van der Waals surface area contributed by atoms with Crippen molar-refractivity contribution in [2.45, 2.75) is 24.6 Å². The van der Waals surface area contributed by atoms with Gasteiger partial charge in [0.05, 0.1) is 24.6 Å². The van der Waals surface area contributed by atoms with E-state index in [9.17, 15) is 0 Å². The van der Waals surface area contributed by atoms with Crippen LogP contribution in [0.2, 0.25) is 0 Å². The number of nitrogens with zero attached hydrogens (tertiary/aromatic N) is 2. The van der Waals surface area contributed by atoms with E-state index in [2.05, 4.69) is 27.0 Å². The van der Waals surface area contributed by atoms with Crippen molar-refractivity contribution in [3.63, 3.8) is 0 Å². The van der Waals surface area contributed by atoms with Crippen molar-refractivity contribution in [1.82, 2.24) is 4.98 Å². The van der Waals surface area contributed by atoms with E-state index in [-0.39, 0.29) is 0 Å². The highest BCUT2D eigenvalue weighted by atomic mass is 79.9. The Balaban J connectivity index is 2.23. The third kappa shape index (κ3) is 4.80. The number of hydrogen-bond acceptors (Lipinski definition) is 3. The van der Waals surface area contributed by atoms with Gasteiger partial charge in [-0.2, -0.15) is 5.26 Å². The molecule has 0 saturated carbocycles. The van der Waals surface area contributed by atoms with Crippen LogP contribution in [0, 0.1) is 11.3 Å². The average molecular weight is 269 g/mol. The molecule has 1 heterocycles. The van der Waals surface area contributed by atoms with Crippen molar-refractivity contribution in [3.05, 3.63) is 24.0 Å². The third-order valence-electron chi connectivity index (χ3n) is 1.89. The molecule has 15 heavy (non-hydrogen) atoms. The number of aromatic nitrogens is 1. The van der Waals surface area contributed by atoms with Crippen LogP contribution in [0.15, 0.2) is 18.3 Å². The Bertz CT molecular complexity index is 318. The first-order chi connectivity index (χ1) is 7.36. The molecule has 4 heteroatoms. The van der Waals surface area contributed by atoms with Crippen LogP contribution in [0.1, 0.15) is 25.0 Å². The summed E-state index contributed by atoms with van der Waals surface area (Å²) in [6, 6.07) is 5.95. The minimum Gasteiger partial charge on any atom is -0.492 e. The molecule has 0 radical (unpaired) electrons. The molecule has 0 saturated heterocycles. The molecule has 1 aromatic rings. The van der Waals surface area contributed by atoms with Gasteiger partial charge in [0.2, 0.25) is 0 Å². The summed E-state index contributed by atoms with van der Waals surface area (Å²) in [5, 5.41) is 9.09. The Kier molecular flexibility index (Phi) is 5.79. The zero-order valence-electron chi connectivity index (χ0n) is 8.45. The maximum Gasteiger partial charge on any atom is 0.137 e.